The number of aromatic nitrogens is 2. The minimum atomic E-state index is 0.796. The Morgan fingerprint density at radius 1 is 1.28 bits per heavy atom. The predicted octanol–water partition coefficient (Wildman–Crippen LogP) is 2.01. The molecule has 92 valence electrons. The second-order valence-corrected chi connectivity index (χ2v) is 4.57. The highest BCUT2D eigenvalue weighted by Crippen LogP contribution is 2.31. The monoisotopic (exact) mass is 240 g/mol. The minimum Gasteiger partial charge on any atom is -0.398 e. The zero-order chi connectivity index (χ0) is 12.4. The molecule has 2 heterocycles. The van der Waals surface area contributed by atoms with Gasteiger partial charge in [-0.1, -0.05) is 6.07 Å². The van der Waals surface area contributed by atoms with Crippen LogP contribution in [0.15, 0.2) is 36.8 Å². The number of nitrogens with zero attached hydrogens (tertiary/aromatic N) is 3. The van der Waals surface area contributed by atoms with E-state index in [2.05, 4.69) is 20.9 Å². The smallest absolute Gasteiger partial charge is 0.0779 e. The van der Waals surface area contributed by atoms with Crippen LogP contribution in [0.1, 0.15) is 17.7 Å². The molecule has 4 nitrogen and oxygen atoms in total. The fourth-order valence-corrected chi connectivity index (χ4v) is 2.50. The highest BCUT2D eigenvalue weighted by molar-refractivity contribution is 5.66. The zero-order valence-electron chi connectivity index (χ0n) is 10.2. The summed E-state index contributed by atoms with van der Waals surface area (Å²) in [6.07, 6.45) is 7.46. The van der Waals surface area contributed by atoms with Gasteiger partial charge in [0.25, 0.3) is 0 Å². The highest BCUT2D eigenvalue weighted by atomic mass is 15.1. The largest absolute Gasteiger partial charge is 0.398 e. The van der Waals surface area contributed by atoms with Crippen LogP contribution in [0.3, 0.4) is 0 Å². The Bertz CT molecular complexity index is 539. The molecule has 1 aromatic heterocycles. The molecule has 2 aromatic rings. The molecule has 0 bridgehead atoms. The molecule has 0 amide bonds. The summed E-state index contributed by atoms with van der Waals surface area (Å²) < 4.78 is 0. The Labute approximate surface area is 106 Å². The zero-order valence-corrected chi connectivity index (χ0v) is 10.2. The second-order valence-electron chi connectivity index (χ2n) is 4.57. The van der Waals surface area contributed by atoms with Gasteiger partial charge in [0.2, 0.25) is 0 Å². The number of nitrogens with two attached hydrogens (primary N) is 1. The minimum absolute atomic E-state index is 0.796. The van der Waals surface area contributed by atoms with E-state index in [1.807, 2.05) is 18.3 Å². The molecule has 1 aliphatic heterocycles. The lowest BCUT2D eigenvalue weighted by molar-refractivity contribution is 0.683. The molecule has 0 unspecified atom stereocenters. The third-order valence-corrected chi connectivity index (χ3v) is 3.35. The van der Waals surface area contributed by atoms with Crippen LogP contribution in [0.4, 0.5) is 11.4 Å². The van der Waals surface area contributed by atoms with E-state index >= 15 is 0 Å². The Kier molecular flexibility index (Phi) is 2.84. The normalized spacial score (nSPS) is 14.3. The van der Waals surface area contributed by atoms with Crippen LogP contribution >= 0.6 is 0 Å². The lowest BCUT2D eigenvalue weighted by atomic mass is 10.00. The molecule has 2 N–H and O–H groups in total. The van der Waals surface area contributed by atoms with Gasteiger partial charge in [-0.2, -0.15) is 0 Å². The molecule has 0 saturated carbocycles. The summed E-state index contributed by atoms with van der Waals surface area (Å²) in [4.78, 5) is 10.8. The highest BCUT2D eigenvalue weighted by Gasteiger charge is 2.18. The van der Waals surface area contributed by atoms with Gasteiger partial charge in [0.15, 0.2) is 0 Å². The van der Waals surface area contributed by atoms with E-state index in [9.17, 15) is 0 Å². The van der Waals surface area contributed by atoms with E-state index in [0.29, 0.717) is 0 Å². The first kappa shape index (κ1) is 11.0. The van der Waals surface area contributed by atoms with Gasteiger partial charge in [0.05, 0.1) is 18.4 Å². The average molecular weight is 240 g/mol. The first-order valence-corrected chi connectivity index (χ1v) is 6.22. The molecule has 4 heteroatoms. The van der Waals surface area contributed by atoms with Crippen LogP contribution in [0.2, 0.25) is 0 Å². The molecule has 0 saturated heterocycles. The fourth-order valence-electron chi connectivity index (χ4n) is 2.50. The Morgan fingerprint density at radius 3 is 3.06 bits per heavy atom. The van der Waals surface area contributed by atoms with Crippen molar-refractivity contribution in [3.05, 3.63) is 48.0 Å². The summed E-state index contributed by atoms with van der Waals surface area (Å²) in [5, 5.41) is 0. The summed E-state index contributed by atoms with van der Waals surface area (Å²) in [5.41, 5.74) is 10.4. The lowest BCUT2D eigenvalue weighted by Gasteiger charge is -2.31. The molecule has 1 aromatic carbocycles. The first-order chi connectivity index (χ1) is 8.84. The Morgan fingerprint density at radius 2 is 2.22 bits per heavy atom. The third kappa shape index (κ3) is 2.01. The molecular weight excluding hydrogens is 224 g/mol. The van der Waals surface area contributed by atoms with Crippen molar-refractivity contribution in [3.63, 3.8) is 0 Å². The third-order valence-electron chi connectivity index (χ3n) is 3.35. The maximum atomic E-state index is 6.04. The van der Waals surface area contributed by atoms with Crippen molar-refractivity contribution >= 4 is 11.4 Å². The molecule has 3 rings (SSSR count). The predicted molar refractivity (Wildman–Crippen MR) is 72.3 cm³/mol. The van der Waals surface area contributed by atoms with E-state index in [0.717, 1.165) is 37.3 Å². The number of fused-ring (bicyclic) bond motifs is 1. The van der Waals surface area contributed by atoms with Crippen LogP contribution in [0, 0.1) is 0 Å². The van der Waals surface area contributed by atoms with Gasteiger partial charge in [-0.3, -0.25) is 9.97 Å². The van der Waals surface area contributed by atoms with Gasteiger partial charge in [-0.05, 0) is 30.5 Å². The molecule has 1 aliphatic rings. The average Bonchev–Trinajstić information content (AvgIpc) is 2.41. The molecule has 0 spiro atoms. The number of benzene rings is 1. The van der Waals surface area contributed by atoms with Crippen molar-refractivity contribution in [2.24, 2.45) is 0 Å². The van der Waals surface area contributed by atoms with E-state index in [-0.39, 0.29) is 0 Å². The summed E-state index contributed by atoms with van der Waals surface area (Å²) >= 11 is 0. The van der Waals surface area contributed by atoms with Crippen molar-refractivity contribution in [1.82, 2.24) is 9.97 Å². The number of rotatable bonds is 2. The molecule has 0 fully saturated rings. The summed E-state index contributed by atoms with van der Waals surface area (Å²) in [5.74, 6) is 0. The summed E-state index contributed by atoms with van der Waals surface area (Å²) in [7, 11) is 0. The van der Waals surface area contributed by atoms with E-state index < -0.39 is 0 Å². The first-order valence-electron chi connectivity index (χ1n) is 6.22. The topological polar surface area (TPSA) is 55.0 Å². The summed E-state index contributed by atoms with van der Waals surface area (Å²) in [6.45, 7) is 1.84. The van der Waals surface area contributed by atoms with E-state index in [4.69, 9.17) is 5.73 Å². The lowest BCUT2D eigenvalue weighted by Crippen LogP contribution is -2.29. The van der Waals surface area contributed by atoms with Gasteiger partial charge >= 0.3 is 0 Å². The van der Waals surface area contributed by atoms with Crippen molar-refractivity contribution in [1.29, 1.82) is 0 Å². The standard InChI is InChI=1S/C14H16N4/c15-13-4-1-5-14-12(13)3-2-8-18(14)10-11-9-16-6-7-17-11/h1,4-7,9H,2-3,8,10,15H2. The van der Waals surface area contributed by atoms with Gasteiger partial charge in [-0.25, -0.2) is 0 Å². The van der Waals surface area contributed by atoms with Crippen molar-refractivity contribution in [2.45, 2.75) is 19.4 Å². The maximum Gasteiger partial charge on any atom is 0.0779 e. The van der Waals surface area contributed by atoms with Crippen LogP contribution in [-0.2, 0) is 13.0 Å². The van der Waals surface area contributed by atoms with Crippen LogP contribution in [-0.4, -0.2) is 16.5 Å². The number of hydrogen-bond donors (Lipinski definition) is 1. The van der Waals surface area contributed by atoms with Crippen LogP contribution in [0.25, 0.3) is 0 Å². The Balaban J connectivity index is 1.90. The van der Waals surface area contributed by atoms with Gasteiger partial charge in [0, 0.05) is 30.3 Å². The quantitative estimate of drug-likeness (QED) is 0.816. The Hall–Kier alpha value is -2.10. The second kappa shape index (κ2) is 4.64. The van der Waals surface area contributed by atoms with Crippen LogP contribution < -0.4 is 10.6 Å². The molecule has 0 atom stereocenters. The number of hydrogen-bond acceptors (Lipinski definition) is 4. The van der Waals surface area contributed by atoms with Crippen molar-refractivity contribution < 1.29 is 0 Å². The van der Waals surface area contributed by atoms with Crippen LogP contribution in [0.5, 0.6) is 0 Å². The van der Waals surface area contributed by atoms with Crippen molar-refractivity contribution in [2.75, 3.05) is 17.2 Å². The molecular formula is C14H16N4. The van der Waals surface area contributed by atoms with E-state index in [1.165, 1.54) is 11.3 Å². The maximum absolute atomic E-state index is 6.04. The summed E-state index contributed by atoms with van der Waals surface area (Å²) in [6, 6.07) is 6.13. The number of nitrogen functional groups attached to an aromatic ring is 1. The van der Waals surface area contributed by atoms with Gasteiger partial charge < -0.3 is 10.6 Å². The number of anilines is 2. The van der Waals surface area contributed by atoms with Gasteiger partial charge in [-0.15, -0.1) is 0 Å². The molecule has 0 radical (unpaired) electrons. The van der Waals surface area contributed by atoms with Gasteiger partial charge in [0.1, 0.15) is 0 Å². The fraction of sp³-hybridized carbons (Fsp3) is 0.286. The van der Waals surface area contributed by atoms with Crippen molar-refractivity contribution in [3.8, 4) is 0 Å². The molecule has 0 aliphatic carbocycles. The molecule has 18 heavy (non-hydrogen) atoms. The van der Waals surface area contributed by atoms with E-state index in [1.54, 1.807) is 12.4 Å². The SMILES string of the molecule is Nc1cccc2c1CCCN2Cc1cnccn1.